The number of alkyl halides is 6. The molecule has 0 aliphatic carbocycles. The molecule has 0 unspecified atom stereocenters. The quantitative estimate of drug-likeness (QED) is 0.387. The predicted octanol–water partition coefficient (Wildman–Crippen LogP) is 4.50. The molecule has 0 amide bonds. The lowest BCUT2D eigenvalue weighted by atomic mass is 10.2. The van der Waals surface area contributed by atoms with Crippen LogP contribution in [-0.2, 0) is 22.7 Å². The maximum absolute atomic E-state index is 12.4. The third-order valence-corrected chi connectivity index (χ3v) is 3.32. The van der Waals surface area contributed by atoms with Crippen LogP contribution >= 0.6 is 0 Å². The molecule has 4 N–H and O–H groups in total. The van der Waals surface area contributed by atoms with Crippen molar-refractivity contribution in [3.63, 3.8) is 0 Å². The molecule has 0 aromatic heterocycles. The number of nitrogens with two attached hydrogens (primary N) is 2. The molecule has 0 heterocycles. The van der Waals surface area contributed by atoms with Gasteiger partial charge in [-0.1, -0.05) is 0 Å². The summed E-state index contributed by atoms with van der Waals surface area (Å²) in [5.41, 5.74) is 10.4. The first kappa shape index (κ1) is 22.8. The summed E-state index contributed by atoms with van der Waals surface area (Å²) in [5.74, 6) is -1.37. The minimum Gasteiger partial charge on any atom is -0.429 e. The highest BCUT2D eigenvalue weighted by molar-refractivity contribution is 5.60. The molecule has 0 fully saturated rings. The first-order valence-corrected chi connectivity index (χ1v) is 7.90. The minimum atomic E-state index is -5.01. The molecule has 0 bridgehead atoms. The van der Waals surface area contributed by atoms with E-state index in [0.717, 1.165) is 24.3 Å². The number of ether oxygens (including phenoxy) is 4. The van der Waals surface area contributed by atoms with E-state index in [-0.39, 0.29) is 22.5 Å². The van der Waals surface area contributed by atoms with Gasteiger partial charge in [-0.05, 0) is 24.3 Å². The van der Waals surface area contributed by atoms with Gasteiger partial charge >= 0.3 is 18.9 Å². The van der Waals surface area contributed by atoms with Crippen molar-refractivity contribution < 1.29 is 50.1 Å². The SMILES string of the molecule is Nc1ccc(COC(=O)OCc2ccc(N)cc2OC(F)(F)F)c(OC(F)(F)F)c1. The van der Waals surface area contributed by atoms with E-state index in [4.69, 9.17) is 11.5 Å². The van der Waals surface area contributed by atoms with Crippen molar-refractivity contribution in [1.29, 1.82) is 0 Å². The fourth-order valence-electron chi connectivity index (χ4n) is 2.14. The van der Waals surface area contributed by atoms with Gasteiger partial charge in [0.1, 0.15) is 24.7 Å². The van der Waals surface area contributed by atoms with Crippen LogP contribution in [0.15, 0.2) is 36.4 Å². The van der Waals surface area contributed by atoms with Gasteiger partial charge in [-0.3, -0.25) is 0 Å². The standard InChI is InChI=1S/C17H14F6N2O5/c18-16(19,20)29-13-5-11(24)3-1-9(13)7-27-15(26)28-8-10-2-4-12(25)6-14(10)30-17(21,22)23/h1-6H,7-8,24-25H2. The zero-order valence-electron chi connectivity index (χ0n) is 14.8. The van der Waals surface area contributed by atoms with E-state index in [2.05, 4.69) is 18.9 Å². The normalized spacial score (nSPS) is 11.7. The lowest BCUT2D eigenvalue weighted by Crippen LogP contribution is -2.19. The van der Waals surface area contributed by atoms with Crippen molar-refractivity contribution in [1.82, 2.24) is 0 Å². The van der Waals surface area contributed by atoms with E-state index in [1.54, 1.807) is 0 Å². The summed E-state index contributed by atoms with van der Waals surface area (Å²) < 4.78 is 91.6. The lowest BCUT2D eigenvalue weighted by Gasteiger charge is -2.15. The third kappa shape index (κ3) is 7.48. The molecule has 0 spiro atoms. The molecule has 164 valence electrons. The first-order valence-electron chi connectivity index (χ1n) is 7.90. The van der Waals surface area contributed by atoms with E-state index >= 15 is 0 Å². The molecule has 13 heteroatoms. The van der Waals surface area contributed by atoms with Gasteiger partial charge in [0.25, 0.3) is 0 Å². The van der Waals surface area contributed by atoms with Gasteiger partial charge in [0, 0.05) is 34.6 Å². The van der Waals surface area contributed by atoms with Crippen molar-refractivity contribution in [3.8, 4) is 11.5 Å². The molecule has 0 atom stereocenters. The number of nitrogen functional groups attached to an aromatic ring is 2. The number of halogens is 6. The fraction of sp³-hybridized carbons (Fsp3) is 0.235. The number of hydrogen-bond donors (Lipinski definition) is 2. The molecule has 0 saturated carbocycles. The van der Waals surface area contributed by atoms with Crippen LogP contribution in [0, 0.1) is 0 Å². The maximum atomic E-state index is 12.4. The molecule has 30 heavy (non-hydrogen) atoms. The smallest absolute Gasteiger partial charge is 0.429 e. The van der Waals surface area contributed by atoms with Gasteiger partial charge in [0.2, 0.25) is 0 Å². The Hall–Kier alpha value is -3.51. The van der Waals surface area contributed by atoms with Crippen LogP contribution in [0.2, 0.25) is 0 Å². The second kappa shape index (κ2) is 8.88. The number of rotatable bonds is 6. The Morgan fingerprint density at radius 1 is 0.733 bits per heavy atom. The number of hydrogen-bond acceptors (Lipinski definition) is 7. The second-order valence-corrected chi connectivity index (χ2v) is 5.66. The number of anilines is 2. The van der Waals surface area contributed by atoms with Crippen molar-refractivity contribution >= 4 is 17.5 Å². The maximum Gasteiger partial charge on any atom is 0.573 e. The highest BCUT2D eigenvalue weighted by atomic mass is 19.4. The summed E-state index contributed by atoms with van der Waals surface area (Å²) in [4.78, 5) is 11.7. The molecule has 2 aromatic rings. The Morgan fingerprint density at radius 2 is 1.10 bits per heavy atom. The molecule has 0 radical (unpaired) electrons. The summed E-state index contributed by atoms with van der Waals surface area (Å²) in [6, 6.07) is 6.54. The summed E-state index contributed by atoms with van der Waals surface area (Å²) in [5, 5.41) is 0. The monoisotopic (exact) mass is 440 g/mol. The zero-order valence-corrected chi connectivity index (χ0v) is 14.8. The molecular weight excluding hydrogens is 426 g/mol. The average molecular weight is 440 g/mol. The van der Waals surface area contributed by atoms with Crippen molar-refractivity contribution in [2.24, 2.45) is 0 Å². The van der Waals surface area contributed by atoms with Gasteiger partial charge in [0.15, 0.2) is 0 Å². The lowest BCUT2D eigenvalue weighted by molar-refractivity contribution is -0.276. The average Bonchev–Trinajstić information content (AvgIpc) is 2.57. The van der Waals surface area contributed by atoms with Crippen LogP contribution in [0.4, 0.5) is 42.5 Å². The fourth-order valence-corrected chi connectivity index (χ4v) is 2.14. The molecule has 2 aromatic carbocycles. The summed E-state index contributed by atoms with van der Waals surface area (Å²) in [6.45, 7) is -1.36. The molecule has 0 saturated heterocycles. The van der Waals surface area contributed by atoms with E-state index in [1.807, 2.05) is 0 Å². The number of carbonyl (C=O) groups excluding carboxylic acids is 1. The largest absolute Gasteiger partial charge is 0.573 e. The minimum absolute atomic E-state index is 0.0267. The Morgan fingerprint density at radius 3 is 1.43 bits per heavy atom. The van der Waals surface area contributed by atoms with Crippen LogP contribution in [0.3, 0.4) is 0 Å². The van der Waals surface area contributed by atoms with Crippen LogP contribution in [-0.4, -0.2) is 18.9 Å². The Balaban J connectivity index is 2.00. The van der Waals surface area contributed by atoms with Crippen LogP contribution in [0.5, 0.6) is 11.5 Å². The summed E-state index contributed by atoms with van der Waals surface area (Å²) in [6.07, 6.45) is -11.4. The summed E-state index contributed by atoms with van der Waals surface area (Å²) >= 11 is 0. The van der Waals surface area contributed by atoms with Gasteiger partial charge in [-0.15, -0.1) is 26.3 Å². The van der Waals surface area contributed by atoms with Gasteiger partial charge in [0.05, 0.1) is 0 Å². The Bertz CT molecular complexity index is 830. The topological polar surface area (TPSA) is 106 Å². The van der Waals surface area contributed by atoms with E-state index in [9.17, 15) is 31.1 Å². The third-order valence-electron chi connectivity index (χ3n) is 3.32. The molecule has 0 aliphatic rings. The molecule has 0 aliphatic heterocycles. The van der Waals surface area contributed by atoms with Crippen molar-refractivity contribution in [2.45, 2.75) is 25.9 Å². The Labute approximate surface area is 165 Å². The highest BCUT2D eigenvalue weighted by Gasteiger charge is 2.33. The summed E-state index contributed by atoms with van der Waals surface area (Å²) in [7, 11) is 0. The van der Waals surface area contributed by atoms with Gasteiger partial charge in [-0.25, -0.2) is 4.79 Å². The molecule has 7 nitrogen and oxygen atoms in total. The van der Waals surface area contributed by atoms with Gasteiger partial charge in [-0.2, -0.15) is 0 Å². The van der Waals surface area contributed by atoms with Crippen molar-refractivity contribution in [2.75, 3.05) is 11.5 Å². The van der Waals surface area contributed by atoms with Crippen LogP contribution in [0.1, 0.15) is 11.1 Å². The number of benzene rings is 2. The number of carbonyl (C=O) groups is 1. The van der Waals surface area contributed by atoms with Crippen molar-refractivity contribution in [3.05, 3.63) is 47.5 Å². The van der Waals surface area contributed by atoms with E-state index < -0.39 is 43.6 Å². The Kier molecular flexibility index (Phi) is 6.74. The van der Waals surface area contributed by atoms with Crippen LogP contribution in [0.25, 0.3) is 0 Å². The van der Waals surface area contributed by atoms with Gasteiger partial charge < -0.3 is 30.4 Å². The molecule has 2 rings (SSSR count). The second-order valence-electron chi connectivity index (χ2n) is 5.66. The zero-order chi connectivity index (χ0) is 22.5. The highest BCUT2D eigenvalue weighted by Crippen LogP contribution is 2.30. The van der Waals surface area contributed by atoms with Crippen LogP contribution < -0.4 is 20.9 Å². The molecular formula is C17H14F6N2O5. The first-order chi connectivity index (χ1) is 13.8. The predicted molar refractivity (Wildman–Crippen MR) is 90.0 cm³/mol. The van der Waals surface area contributed by atoms with E-state index in [0.29, 0.717) is 0 Å². The van der Waals surface area contributed by atoms with E-state index in [1.165, 1.54) is 12.1 Å².